The number of rotatable bonds is 2. The van der Waals surface area contributed by atoms with E-state index in [4.69, 9.17) is 0 Å². The molecule has 0 aromatic carbocycles. The molecule has 8 aliphatic carbocycles. The first-order valence-corrected chi connectivity index (χ1v) is 12.1. The van der Waals surface area contributed by atoms with Crippen LogP contribution in [0, 0.1) is 35.5 Å². The van der Waals surface area contributed by atoms with E-state index in [0.717, 1.165) is 54.8 Å². The van der Waals surface area contributed by atoms with Gasteiger partial charge in [-0.05, 0) is 93.3 Å². The standard InChI is InChI=1S/C24H34N2O2/c27-22(28)26(24-12-19-6-20(13-24)8-21(7-19)14-24)2-1-25(15-26)23-9-16-3-17(10-23)5-18(4-16)11-23/h1-2,16-21H,3-15H2/p+1. The van der Waals surface area contributed by atoms with E-state index in [2.05, 4.69) is 17.3 Å². The van der Waals surface area contributed by atoms with Crippen molar-refractivity contribution in [1.29, 1.82) is 0 Å². The van der Waals surface area contributed by atoms with Crippen LogP contribution in [0.1, 0.15) is 77.0 Å². The highest BCUT2D eigenvalue weighted by atomic mass is 16.4. The molecule has 8 bridgehead atoms. The minimum absolute atomic E-state index is 0.0197. The van der Waals surface area contributed by atoms with E-state index in [1.807, 2.05) is 0 Å². The Labute approximate surface area is 168 Å². The minimum atomic E-state index is -0.578. The van der Waals surface area contributed by atoms with Crippen molar-refractivity contribution in [2.75, 3.05) is 6.67 Å². The molecule has 8 saturated carbocycles. The Kier molecular flexibility index (Phi) is 3.09. The fourth-order valence-corrected chi connectivity index (χ4v) is 10.4. The van der Waals surface area contributed by atoms with Crippen molar-refractivity contribution in [3.8, 4) is 0 Å². The van der Waals surface area contributed by atoms with Crippen molar-refractivity contribution >= 4 is 6.09 Å². The van der Waals surface area contributed by atoms with E-state index in [0.29, 0.717) is 6.67 Å². The molecule has 0 saturated heterocycles. The van der Waals surface area contributed by atoms with E-state index >= 15 is 0 Å². The first-order chi connectivity index (χ1) is 13.5. The lowest BCUT2D eigenvalue weighted by molar-refractivity contribution is -0.872. The van der Waals surface area contributed by atoms with Gasteiger partial charge in [0.2, 0.25) is 0 Å². The highest BCUT2D eigenvalue weighted by Crippen LogP contribution is 2.63. The molecule has 0 aromatic heterocycles. The predicted octanol–water partition coefficient (Wildman–Crippen LogP) is 5.16. The van der Waals surface area contributed by atoms with Crippen LogP contribution in [0.15, 0.2) is 12.4 Å². The van der Waals surface area contributed by atoms with Crippen LogP contribution in [0.3, 0.4) is 0 Å². The molecule has 8 fully saturated rings. The maximum atomic E-state index is 12.9. The Bertz CT molecular complexity index is 687. The van der Waals surface area contributed by atoms with Crippen LogP contribution in [-0.2, 0) is 0 Å². The number of carbonyl (C=O) groups is 1. The number of quaternary nitrogens is 1. The van der Waals surface area contributed by atoms with Gasteiger partial charge in [-0.2, -0.15) is 9.28 Å². The molecule has 0 spiro atoms. The van der Waals surface area contributed by atoms with E-state index in [1.54, 1.807) is 0 Å². The van der Waals surface area contributed by atoms with Gasteiger partial charge in [-0.25, -0.2) is 0 Å². The van der Waals surface area contributed by atoms with E-state index < -0.39 is 6.09 Å². The fraction of sp³-hybridized carbons (Fsp3) is 0.875. The molecule has 0 radical (unpaired) electrons. The van der Waals surface area contributed by atoms with Gasteiger partial charge >= 0.3 is 6.09 Å². The number of nitrogens with zero attached hydrogens (tertiary/aromatic N) is 2. The molecule has 1 N–H and O–H groups in total. The Morgan fingerprint density at radius 2 is 1.21 bits per heavy atom. The molecule has 4 heteroatoms. The van der Waals surface area contributed by atoms with Crippen molar-refractivity contribution in [2.45, 2.75) is 88.1 Å². The summed E-state index contributed by atoms with van der Waals surface area (Å²) in [6.07, 6.45) is 19.7. The second-order valence-corrected chi connectivity index (χ2v) is 12.3. The highest BCUT2D eigenvalue weighted by molar-refractivity contribution is 5.59. The highest BCUT2D eigenvalue weighted by Gasteiger charge is 2.67. The number of carboxylic acid groups (broad SMARTS) is 1. The average Bonchev–Trinajstić information content (AvgIpc) is 3.08. The lowest BCUT2D eigenvalue weighted by atomic mass is 9.52. The average molecular weight is 384 g/mol. The molecule has 1 aliphatic heterocycles. The minimum Gasteiger partial charge on any atom is -0.435 e. The zero-order valence-electron chi connectivity index (χ0n) is 17.1. The molecule has 1 heterocycles. The Balaban J connectivity index is 1.24. The number of amides is 1. The van der Waals surface area contributed by atoms with E-state index in [1.165, 1.54) is 57.8 Å². The summed E-state index contributed by atoms with van der Waals surface area (Å²) >= 11 is 0. The number of hydrogen-bond donors (Lipinski definition) is 1. The smallest absolute Gasteiger partial charge is 0.435 e. The van der Waals surface area contributed by atoms with Gasteiger partial charge in [0.1, 0.15) is 11.7 Å². The van der Waals surface area contributed by atoms with Crippen molar-refractivity contribution in [3.63, 3.8) is 0 Å². The van der Waals surface area contributed by atoms with Crippen molar-refractivity contribution in [2.24, 2.45) is 35.5 Å². The maximum Gasteiger partial charge on any atom is 0.520 e. The molecular weight excluding hydrogens is 348 g/mol. The van der Waals surface area contributed by atoms with Crippen LogP contribution in [-0.4, -0.2) is 38.3 Å². The van der Waals surface area contributed by atoms with Gasteiger partial charge in [-0.15, -0.1) is 0 Å². The van der Waals surface area contributed by atoms with Crippen LogP contribution in [0.2, 0.25) is 0 Å². The third-order valence-corrected chi connectivity index (χ3v) is 10.7. The van der Waals surface area contributed by atoms with Crippen LogP contribution < -0.4 is 0 Å². The quantitative estimate of drug-likeness (QED) is 0.669. The molecule has 9 rings (SSSR count). The van der Waals surface area contributed by atoms with E-state index in [9.17, 15) is 9.90 Å². The Morgan fingerprint density at radius 3 is 1.64 bits per heavy atom. The monoisotopic (exact) mass is 383 g/mol. The van der Waals surface area contributed by atoms with Crippen LogP contribution in [0.4, 0.5) is 4.79 Å². The molecule has 9 aliphatic rings. The van der Waals surface area contributed by atoms with Gasteiger partial charge in [0.05, 0.1) is 6.20 Å². The molecule has 28 heavy (non-hydrogen) atoms. The predicted molar refractivity (Wildman–Crippen MR) is 106 cm³/mol. The Hall–Kier alpha value is -1.03. The molecule has 4 nitrogen and oxygen atoms in total. The van der Waals surface area contributed by atoms with Gasteiger partial charge in [0, 0.05) is 24.8 Å². The normalized spacial score (nSPS) is 58.1. The SMILES string of the molecule is O=C(O)[N+]1(C23CC4CC(CC(C4)C2)C3)C=CN(C23CC4CC(CC(C4)C2)C3)C1. The molecule has 1 amide bonds. The maximum absolute atomic E-state index is 12.9. The lowest BCUT2D eigenvalue weighted by Crippen LogP contribution is -2.71. The second kappa shape index (κ2) is 5.17. The molecule has 1 atom stereocenters. The zero-order valence-corrected chi connectivity index (χ0v) is 17.1. The molecule has 1 unspecified atom stereocenters. The lowest BCUT2D eigenvalue weighted by Gasteiger charge is -2.62. The molecule has 152 valence electrons. The van der Waals surface area contributed by atoms with Gasteiger partial charge in [0.15, 0.2) is 6.67 Å². The first kappa shape index (κ1) is 16.7. The third kappa shape index (κ3) is 1.99. The Morgan fingerprint density at radius 1 is 0.786 bits per heavy atom. The molecular formula is C24H35N2O2+. The summed E-state index contributed by atoms with van der Waals surface area (Å²) in [5.74, 6) is 5.11. The number of hydrogen-bond acceptors (Lipinski definition) is 2. The van der Waals surface area contributed by atoms with Crippen LogP contribution >= 0.6 is 0 Å². The van der Waals surface area contributed by atoms with Crippen molar-refractivity contribution in [3.05, 3.63) is 12.4 Å². The summed E-state index contributed by atoms with van der Waals surface area (Å²) in [6, 6.07) is 0. The van der Waals surface area contributed by atoms with Gasteiger partial charge in [-0.3, -0.25) is 0 Å². The summed E-state index contributed by atoms with van der Waals surface area (Å²) in [5.41, 5.74) is 0.261. The summed E-state index contributed by atoms with van der Waals surface area (Å²) in [4.78, 5) is 15.5. The topological polar surface area (TPSA) is 40.5 Å². The van der Waals surface area contributed by atoms with Gasteiger partial charge in [-0.1, -0.05) is 0 Å². The fourth-order valence-electron chi connectivity index (χ4n) is 10.4. The molecule has 0 aromatic rings. The first-order valence-electron chi connectivity index (χ1n) is 12.1. The van der Waals surface area contributed by atoms with Crippen molar-refractivity contribution < 1.29 is 14.4 Å². The van der Waals surface area contributed by atoms with E-state index in [-0.39, 0.29) is 15.6 Å². The zero-order chi connectivity index (χ0) is 18.7. The summed E-state index contributed by atoms with van der Waals surface area (Å²) in [6.45, 7) is 0.716. The van der Waals surface area contributed by atoms with Crippen LogP contribution in [0.5, 0.6) is 0 Å². The second-order valence-electron chi connectivity index (χ2n) is 12.3. The third-order valence-electron chi connectivity index (χ3n) is 10.7. The van der Waals surface area contributed by atoms with Crippen LogP contribution in [0.25, 0.3) is 0 Å². The summed E-state index contributed by atoms with van der Waals surface area (Å²) in [5, 5.41) is 10.6. The summed E-state index contributed by atoms with van der Waals surface area (Å²) in [7, 11) is 0. The largest absolute Gasteiger partial charge is 0.520 e. The summed E-state index contributed by atoms with van der Waals surface area (Å²) < 4.78 is 0.234. The van der Waals surface area contributed by atoms with Gasteiger partial charge < -0.3 is 10.0 Å². The van der Waals surface area contributed by atoms with Gasteiger partial charge in [0.25, 0.3) is 0 Å². The van der Waals surface area contributed by atoms with Crippen molar-refractivity contribution in [1.82, 2.24) is 4.90 Å².